The minimum atomic E-state index is -0.548. The molecule has 1 aromatic rings. The summed E-state index contributed by atoms with van der Waals surface area (Å²) in [6.45, 7) is 0.635. The third kappa shape index (κ3) is 2.32. The monoisotopic (exact) mass is 223 g/mol. The maximum Gasteiger partial charge on any atom is 0.255 e. The van der Waals surface area contributed by atoms with Gasteiger partial charge in [-0.1, -0.05) is 6.42 Å². The van der Waals surface area contributed by atoms with Gasteiger partial charge in [0.25, 0.3) is 5.91 Å². The van der Waals surface area contributed by atoms with Crippen LogP contribution in [0.25, 0.3) is 0 Å². The molecule has 1 aromatic carbocycles. The first-order valence-electron chi connectivity index (χ1n) is 5.43. The number of carbonyl (C=O) groups is 1. The summed E-state index contributed by atoms with van der Waals surface area (Å²) in [6.07, 6.45) is 3.52. The summed E-state index contributed by atoms with van der Waals surface area (Å²) in [5.74, 6) is -0.643. The van der Waals surface area contributed by atoms with E-state index in [2.05, 4.69) is 5.32 Å². The molecule has 4 heteroatoms. The summed E-state index contributed by atoms with van der Waals surface area (Å²) in [5, 5.41) is 12.1. The molecule has 0 aliphatic heterocycles. The average molecular weight is 223 g/mol. The lowest BCUT2D eigenvalue weighted by molar-refractivity contribution is 0.0936. The van der Waals surface area contributed by atoms with Crippen molar-refractivity contribution in [1.29, 1.82) is 0 Å². The first-order valence-corrected chi connectivity index (χ1v) is 5.43. The highest BCUT2D eigenvalue weighted by atomic mass is 19.1. The second-order valence-electron chi connectivity index (χ2n) is 4.17. The highest BCUT2D eigenvalue weighted by molar-refractivity contribution is 5.96. The molecule has 16 heavy (non-hydrogen) atoms. The second kappa shape index (κ2) is 4.51. The molecule has 0 saturated heterocycles. The van der Waals surface area contributed by atoms with Crippen LogP contribution < -0.4 is 5.32 Å². The molecule has 3 nitrogen and oxygen atoms in total. The van der Waals surface area contributed by atoms with Gasteiger partial charge in [-0.15, -0.1) is 0 Å². The fraction of sp³-hybridized carbons (Fsp3) is 0.417. The molecule has 2 rings (SSSR count). The van der Waals surface area contributed by atoms with E-state index in [4.69, 9.17) is 0 Å². The van der Waals surface area contributed by atoms with Gasteiger partial charge in [-0.25, -0.2) is 4.39 Å². The molecule has 0 unspecified atom stereocenters. The molecule has 1 aliphatic rings. The van der Waals surface area contributed by atoms with Crippen molar-refractivity contribution in [3.8, 4) is 5.75 Å². The molecule has 0 radical (unpaired) electrons. The van der Waals surface area contributed by atoms with E-state index < -0.39 is 5.82 Å². The third-order valence-electron chi connectivity index (χ3n) is 2.98. The van der Waals surface area contributed by atoms with Gasteiger partial charge in [0.1, 0.15) is 11.6 Å². The molecule has 0 heterocycles. The number of hydrogen-bond donors (Lipinski definition) is 2. The number of rotatable bonds is 3. The molecule has 0 atom stereocenters. The normalized spacial score (nSPS) is 15.6. The molecular weight excluding hydrogens is 209 g/mol. The van der Waals surface area contributed by atoms with Crippen LogP contribution in [0.5, 0.6) is 5.75 Å². The quantitative estimate of drug-likeness (QED) is 0.824. The Hall–Kier alpha value is -1.58. The van der Waals surface area contributed by atoms with Crippen molar-refractivity contribution in [3.05, 3.63) is 29.6 Å². The van der Waals surface area contributed by atoms with Gasteiger partial charge in [0, 0.05) is 12.6 Å². The summed E-state index contributed by atoms with van der Waals surface area (Å²) in [7, 11) is 0. The van der Waals surface area contributed by atoms with Crippen molar-refractivity contribution in [1.82, 2.24) is 5.32 Å². The predicted octanol–water partition coefficient (Wildman–Crippen LogP) is 2.06. The molecule has 0 aromatic heterocycles. The fourth-order valence-corrected chi connectivity index (χ4v) is 1.73. The maximum atomic E-state index is 12.7. The number of aromatic hydroxyl groups is 1. The standard InChI is InChI=1S/C12H14FNO2/c13-9-4-5-10(11(15)6-9)12(16)14-7-8-2-1-3-8/h4-6,8,15H,1-3,7H2,(H,14,16). The van der Waals surface area contributed by atoms with E-state index in [1.807, 2.05) is 0 Å². The molecule has 1 saturated carbocycles. The number of phenolic OH excluding ortho intramolecular Hbond substituents is 1. The Bertz CT molecular complexity index is 402. The van der Waals surface area contributed by atoms with Crippen LogP contribution in [0.15, 0.2) is 18.2 Å². The zero-order chi connectivity index (χ0) is 11.5. The minimum absolute atomic E-state index is 0.126. The molecule has 2 N–H and O–H groups in total. The van der Waals surface area contributed by atoms with Crippen LogP contribution in [0.4, 0.5) is 4.39 Å². The Kier molecular flexibility index (Phi) is 3.08. The van der Waals surface area contributed by atoms with Crippen LogP contribution >= 0.6 is 0 Å². The first kappa shape index (κ1) is 10.9. The Morgan fingerprint density at radius 3 is 2.81 bits per heavy atom. The maximum absolute atomic E-state index is 12.7. The lowest BCUT2D eigenvalue weighted by Crippen LogP contribution is -2.32. The number of carbonyl (C=O) groups excluding carboxylic acids is 1. The van der Waals surface area contributed by atoms with Crippen LogP contribution in [0, 0.1) is 11.7 Å². The van der Waals surface area contributed by atoms with Gasteiger partial charge in [0.2, 0.25) is 0 Å². The van der Waals surface area contributed by atoms with E-state index in [0.717, 1.165) is 25.0 Å². The summed E-state index contributed by atoms with van der Waals surface area (Å²) < 4.78 is 12.7. The van der Waals surface area contributed by atoms with Crippen LogP contribution in [0.2, 0.25) is 0 Å². The number of halogens is 1. The highest BCUT2D eigenvalue weighted by Gasteiger charge is 2.19. The zero-order valence-corrected chi connectivity index (χ0v) is 8.87. The lowest BCUT2D eigenvalue weighted by Gasteiger charge is -2.25. The molecule has 86 valence electrons. The highest BCUT2D eigenvalue weighted by Crippen LogP contribution is 2.25. The topological polar surface area (TPSA) is 49.3 Å². The van der Waals surface area contributed by atoms with Gasteiger partial charge in [-0.2, -0.15) is 0 Å². The molecule has 0 spiro atoms. The minimum Gasteiger partial charge on any atom is -0.507 e. The van der Waals surface area contributed by atoms with Gasteiger partial charge in [-0.3, -0.25) is 4.79 Å². The molecule has 1 aliphatic carbocycles. The van der Waals surface area contributed by atoms with Gasteiger partial charge >= 0.3 is 0 Å². The Labute approximate surface area is 93.3 Å². The number of amides is 1. The lowest BCUT2D eigenvalue weighted by atomic mass is 9.85. The summed E-state index contributed by atoms with van der Waals surface area (Å²) >= 11 is 0. The molecule has 1 fully saturated rings. The van der Waals surface area contributed by atoms with Crippen LogP contribution in [0.3, 0.4) is 0 Å². The largest absolute Gasteiger partial charge is 0.507 e. The van der Waals surface area contributed by atoms with Crippen LogP contribution in [0.1, 0.15) is 29.6 Å². The number of nitrogens with one attached hydrogen (secondary N) is 1. The SMILES string of the molecule is O=C(NCC1CCC1)c1ccc(F)cc1O. The Morgan fingerprint density at radius 2 is 2.25 bits per heavy atom. The molecule has 0 bridgehead atoms. The van der Waals surface area contributed by atoms with Crippen molar-refractivity contribution in [2.24, 2.45) is 5.92 Å². The van der Waals surface area contributed by atoms with E-state index >= 15 is 0 Å². The first-order chi connectivity index (χ1) is 7.66. The fourth-order valence-electron chi connectivity index (χ4n) is 1.73. The summed E-state index contributed by atoms with van der Waals surface area (Å²) in [5.41, 5.74) is 0.126. The van der Waals surface area contributed by atoms with E-state index in [0.29, 0.717) is 12.5 Å². The van der Waals surface area contributed by atoms with Gasteiger partial charge in [0.05, 0.1) is 5.56 Å². The predicted molar refractivity (Wildman–Crippen MR) is 57.7 cm³/mol. The van der Waals surface area contributed by atoms with Crippen molar-refractivity contribution < 1.29 is 14.3 Å². The average Bonchev–Trinajstić information content (AvgIpc) is 2.14. The van der Waals surface area contributed by atoms with E-state index in [-0.39, 0.29) is 17.2 Å². The molecule has 1 amide bonds. The van der Waals surface area contributed by atoms with Gasteiger partial charge < -0.3 is 10.4 Å². The van der Waals surface area contributed by atoms with Crippen molar-refractivity contribution >= 4 is 5.91 Å². The Morgan fingerprint density at radius 1 is 1.50 bits per heavy atom. The van der Waals surface area contributed by atoms with Crippen molar-refractivity contribution in [2.75, 3.05) is 6.54 Å². The molecular formula is C12H14FNO2. The second-order valence-corrected chi connectivity index (χ2v) is 4.17. The summed E-state index contributed by atoms with van der Waals surface area (Å²) in [6, 6.07) is 3.40. The zero-order valence-electron chi connectivity index (χ0n) is 8.87. The van der Waals surface area contributed by atoms with Crippen molar-refractivity contribution in [2.45, 2.75) is 19.3 Å². The van der Waals surface area contributed by atoms with Gasteiger partial charge in [0.15, 0.2) is 0 Å². The Balaban J connectivity index is 1.96. The van der Waals surface area contributed by atoms with Crippen molar-refractivity contribution in [3.63, 3.8) is 0 Å². The van der Waals surface area contributed by atoms with E-state index in [1.54, 1.807) is 0 Å². The number of phenols is 1. The van der Waals surface area contributed by atoms with E-state index in [9.17, 15) is 14.3 Å². The van der Waals surface area contributed by atoms with Gasteiger partial charge in [-0.05, 0) is 30.9 Å². The number of hydrogen-bond acceptors (Lipinski definition) is 2. The van der Waals surface area contributed by atoms with E-state index in [1.165, 1.54) is 12.5 Å². The third-order valence-corrected chi connectivity index (χ3v) is 2.98. The number of benzene rings is 1. The smallest absolute Gasteiger partial charge is 0.255 e. The van der Waals surface area contributed by atoms with Crippen LogP contribution in [-0.2, 0) is 0 Å². The summed E-state index contributed by atoms with van der Waals surface area (Å²) in [4.78, 5) is 11.6. The van der Waals surface area contributed by atoms with Crippen LogP contribution in [-0.4, -0.2) is 17.6 Å².